The Balaban J connectivity index is 2.05. The van der Waals surface area contributed by atoms with E-state index < -0.39 is 5.31 Å². The summed E-state index contributed by atoms with van der Waals surface area (Å²) in [7, 11) is 1.65. The van der Waals surface area contributed by atoms with Gasteiger partial charge in [-0.1, -0.05) is 0 Å². The first kappa shape index (κ1) is 20.7. The summed E-state index contributed by atoms with van der Waals surface area (Å²) in [5.74, 6) is 0.702. The Kier molecular flexibility index (Phi) is 5.69. The van der Waals surface area contributed by atoms with E-state index in [9.17, 15) is 0 Å². The van der Waals surface area contributed by atoms with Crippen LogP contribution in [-0.4, -0.2) is 7.11 Å². The van der Waals surface area contributed by atoms with Crippen LogP contribution in [0.1, 0.15) is 5.56 Å². The molecule has 0 aromatic heterocycles. The SMILES string of the molecule is COc1ccc(CP(Br)(c2ccccc2)(c2ccccc2)c2ccccc2)cc1N. The van der Waals surface area contributed by atoms with Crippen LogP contribution in [0.3, 0.4) is 0 Å². The van der Waals surface area contributed by atoms with E-state index in [1.807, 2.05) is 12.1 Å². The first-order valence-electron chi connectivity index (χ1n) is 9.88. The Morgan fingerprint density at radius 2 is 1.13 bits per heavy atom. The zero-order chi connectivity index (χ0) is 21.1. The van der Waals surface area contributed by atoms with Gasteiger partial charge in [0.25, 0.3) is 0 Å². The molecule has 0 fully saturated rings. The van der Waals surface area contributed by atoms with E-state index in [1.54, 1.807) is 7.11 Å². The first-order chi connectivity index (χ1) is 14.6. The molecule has 0 spiro atoms. The summed E-state index contributed by atoms with van der Waals surface area (Å²) in [5, 5.41) is 0.846. The summed E-state index contributed by atoms with van der Waals surface area (Å²) in [6.45, 7) is 0. The molecule has 0 unspecified atom stereocenters. The molecule has 4 rings (SSSR count). The summed E-state index contributed by atoms with van der Waals surface area (Å²) in [6, 6.07) is 38.4. The Labute approximate surface area is 186 Å². The quantitative estimate of drug-likeness (QED) is 0.289. The van der Waals surface area contributed by atoms with E-state index >= 15 is 0 Å². The molecule has 30 heavy (non-hydrogen) atoms. The van der Waals surface area contributed by atoms with Crippen molar-refractivity contribution in [3.05, 3.63) is 115 Å². The molecule has 0 amide bonds. The Morgan fingerprint density at radius 3 is 1.50 bits per heavy atom. The monoisotopic (exact) mass is 477 g/mol. The van der Waals surface area contributed by atoms with Crippen molar-refractivity contribution in [2.45, 2.75) is 6.16 Å². The third-order valence-corrected chi connectivity index (χ3v) is 15.2. The van der Waals surface area contributed by atoms with Crippen LogP contribution in [0.2, 0.25) is 0 Å². The summed E-state index contributed by atoms with van der Waals surface area (Å²) >= 11 is 4.47. The number of methoxy groups -OCH3 is 1. The topological polar surface area (TPSA) is 35.2 Å². The Bertz CT molecular complexity index is 1030. The van der Waals surface area contributed by atoms with Gasteiger partial charge in [-0.25, -0.2) is 0 Å². The van der Waals surface area contributed by atoms with Gasteiger partial charge in [0.1, 0.15) is 0 Å². The fourth-order valence-corrected chi connectivity index (χ4v) is 11.9. The summed E-state index contributed by atoms with van der Waals surface area (Å²) in [5.41, 5.74) is 8.10. The second kappa shape index (κ2) is 8.26. The molecular weight excluding hydrogens is 453 g/mol. The van der Waals surface area contributed by atoms with Crippen LogP contribution in [0.25, 0.3) is 0 Å². The molecule has 2 nitrogen and oxygen atoms in total. The third-order valence-electron chi connectivity index (χ3n) is 5.66. The fourth-order valence-electron chi connectivity index (χ4n) is 4.16. The molecule has 0 aliphatic rings. The zero-order valence-electron chi connectivity index (χ0n) is 16.9. The van der Waals surface area contributed by atoms with Gasteiger partial charge in [0.05, 0.1) is 0 Å². The number of nitrogen functional groups attached to an aromatic ring is 1. The molecule has 0 saturated heterocycles. The normalized spacial score (nSPS) is 12.7. The molecule has 0 atom stereocenters. The van der Waals surface area contributed by atoms with Gasteiger partial charge in [0.15, 0.2) is 0 Å². The maximum absolute atomic E-state index is 6.28. The van der Waals surface area contributed by atoms with Gasteiger partial charge >= 0.3 is 187 Å². The van der Waals surface area contributed by atoms with Crippen molar-refractivity contribution in [2.75, 3.05) is 12.8 Å². The van der Waals surface area contributed by atoms with Crippen LogP contribution in [0, 0.1) is 0 Å². The van der Waals surface area contributed by atoms with Crippen LogP contribution >= 0.6 is 20.8 Å². The molecule has 4 heteroatoms. The van der Waals surface area contributed by atoms with E-state index in [4.69, 9.17) is 10.5 Å². The van der Waals surface area contributed by atoms with Gasteiger partial charge in [0.2, 0.25) is 0 Å². The summed E-state index contributed by atoms with van der Waals surface area (Å²) in [6.07, 6.45) is 0.803. The number of hydrogen-bond acceptors (Lipinski definition) is 2. The average Bonchev–Trinajstić information content (AvgIpc) is 2.81. The standard InChI is InChI=1S/C26H25BrNOP/c1-29-26-18-17-21(19-25(26)28)20-30(27,22-11-5-2-6-12-22,23-13-7-3-8-14-23)24-15-9-4-10-16-24/h2-19H,20,28H2,1H3. The number of hydrogen-bond donors (Lipinski definition) is 1. The van der Waals surface area contributed by atoms with Crippen LogP contribution in [0.4, 0.5) is 5.69 Å². The molecule has 0 aliphatic heterocycles. The Morgan fingerprint density at radius 1 is 0.700 bits per heavy atom. The van der Waals surface area contributed by atoms with Crippen molar-refractivity contribution < 1.29 is 4.74 Å². The fraction of sp³-hybridized carbons (Fsp3) is 0.0769. The number of benzene rings is 4. The number of nitrogens with two attached hydrogens (primary N) is 1. The first-order valence-corrected chi connectivity index (χ1v) is 14.3. The molecule has 0 aliphatic carbocycles. The van der Waals surface area contributed by atoms with Crippen molar-refractivity contribution in [3.63, 3.8) is 0 Å². The third kappa shape index (κ3) is 3.43. The molecule has 0 radical (unpaired) electrons. The van der Waals surface area contributed by atoms with Gasteiger partial charge in [-0.3, -0.25) is 0 Å². The molecule has 152 valence electrons. The van der Waals surface area contributed by atoms with Crippen molar-refractivity contribution in [3.8, 4) is 5.75 Å². The van der Waals surface area contributed by atoms with E-state index in [2.05, 4.69) is 113 Å². The maximum atomic E-state index is 6.28. The van der Waals surface area contributed by atoms with Gasteiger partial charge in [-0.2, -0.15) is 0 Å². The molecule has 0 saturated carbocycles. The zero-order valence-corrected chi connectivity index (χ0v) is 19.4. The second-order valence-corrected chi connectivity index (χ2v) is 16.4. The van der Waals surface area contributed by atoms with E-state index in [-0.39, 0.29) is 0 Å². The van der Waals surface area contributed by atoms with E-state index in [0.29, 0.717) is 11.4 Å². The predicted molar refractivity (Wildman–Crippen MR) is 135 cm³/mol. The van der Waals surface area contributed by atoms with Gasteiger partial charge in [-0.15, -0.1) is 0 Å². The minimum absolute atomic E-state index is 0.654. The van der Waals surface area contributed by atoms with Crippen LogP contribution < -0.4 is 26.4 Å². The van der Waals surface area contributed by atoms with Crippen molar-refractivity contribution in [2.24, 2.45) is 0 Å². The minimum atomic E-state index is -3.02. The number of anilines is 1. The Hall–Kier alpha value is -2.61. The van der Waals surface area contributed by atoms with Gasteiger partial charge in [0, 0.05) is 0 Å². The molecule has 0 bridgehead atoms. The van der Waals surface area contributed by atoms with Crippen LogP contribution in [-0.2, 0) is 6.16 Å². The van der Waals surface area contributed by atoms with Crippen LogP contribution in [0.5, 0.6) is 5.75 Å². The molecule has 4 aromatic carbocycles. The van der Waals surface area contributed by atoms with Gasteiger partial charge < -0.3 is 0 Å². The molecule has 4 aromatic rings. The van der Waals surface area contributed by atoms with Crippen molar-refractivity contribution in [1.82, 2.24) is 0 Å². The van der Waals surface area contributed by atoms with Crippen molar-refractivity contribution >= 4 is 42.4 Å². The average molecular weight is 478 g/mol. The summed E-state index contributed by atoms with van der Waals surface area (Å²) in [4.78, 5) is 0. The number of rotatable bonds is 6. The molecule has 2 N–H and O–H groups in total. The second-order valence-electron chi connectivity index (χ2n) is 7.42. The van der Waals surface area contributed by atoms with E-state index in [1.165, 1.54) is 21.5 Å². The van der Waals surface area contributed by atoms with E-state index in [0.717, 1.165) is 6.16 Å². The van der Waals surface area contributed by atoms with Gasteiger partial charge in [-0.05, 0) is 0 Å². The number of halogens is 1. The predicted octanol–water partition coefficient (Wildman–Crippen LogP) is 5.62. The van der Waals surface area contributed by atoms with Crippen LogP contribution in [0.15, 0.2) is 109 Å². The van der Waals surface area contributed by atoms with Crippen molar-refractivity contribution in [1.29, 1.82) is 0 Å². The molecular formula is C26H25BrNOP. The number of ether oxygens (including phenoxy) is 1. The molecule has 0 heterocycles. The summed E-state index contributed by atoms with van der Waals surface area (Å²) < 4.78 is 5.38.